The van der Waals surface area contributed by atoms with Crippen LogP contribution < -0.4 is 0 Å². The van der Waals surface area contributed by atoms with Crippen LogP contribution in [-0.4, -0.2) is 18.5 Å². The number of ketones is 1. The van der Waals surface area contributed by atoms with Crippen LogP contribution >= 0.6 is 0 Å². The van der Waals surface area contributed by atoms with Crippen LogP contribution in [0.2, 0.25) is 0 Å². The van der Waals surface area contributed by atoms with Gasteiger partial charge in [-0.15, -0.1) is 0 Å². The van der Waals surface area contributed by atoms with Gasteiger partial charge in [0.05, 0.1) is 6.61 Å². The molecule has 0 bridgehead atoms. The highest BCUT2D eigenvalue weighted by Crippen LogP contribution is 2.37. The van der Waals surface area contributed by atoms with Crippen LogP contribution in [0.5, 0.6) is 0 Å². The van der Waals surface area contributed by atoms with E-state index in [4.69, 9.17) is 4.74 Å². The summed E-state index contributed by atoms with van der Waals surface area (Å²) in [5, 5.41) is 0. The molecule has 0 amide bonds. The highest BCUT2D eigenvalue weighted by molar-refractivity contribution is 5.99. The monoisotopic (exact) mass is 336 g/mol. The van der Waals surface area contributed by atoms with Crippen molar-refractivity contribution in [3.05, 3.63) is 34.9 Å². The van der Waals surface area contributed by atoms with E-state index in [0.717, 1.165) is 24.5 Å². The third kappa shape index (κ3) is 3.69. The molecular formula is C20H26F2O2. The lowest BCUT2D eigenvalue weighted by Gasteiger charge is -2.36. The Morgan fingerprint density at radius 1 is 1.00 bits per heavy atom. The average Bonchev–Trinajstić information content (AvgIpc) is 2.59. The third-order valence-corrected chi connectivity index (χ3v) is 5.90. The summed E-state index contributed by atoms with van der Waals surface area (Å²) in [6, 6.07) is 2.25. The number of ether oxygens (including phenoxy) is 1. The van der Waals surface area contributed by atoms with Crippen LogP contribution in [0.25, 0.3) is 0 Å². The van der Waals surface area contributed by atoms with Crippen molar-refractivity contribution in [1.29, 1.82) is 0 Å². The highest BCUT2D eigenvalue weighted by Gasteiger charge is 2.33. The summed E-state index contributed by atoms with van der Waals surface area (Å²) in [5.74, 6) is 0.390. The zero-order valence-corrected chi connectivity index (χ0v) is 14.5. The van der Waals surface area contributed by atoms with Gasteiger partial charge in [0.1, 0.15) is 17.7 Å². The van der Waals surface area contributed by atoms with E-state index in [1.165, 1.54) is 32.6 Å². The molecule has 2 atom stereocenters. The topological polar surface area (TPSA) is 26.3 Å². The number of hydrogen-bond acceptors (Lipinski definition) is 2. The number of hydrogen-bond donors (Lipinski definition) is 0. The second-order valence-corrected chi connectivity index (χ2v) is 7.61. The highest BCUT2D eigenvalue weighted by atomic mass is 19.1. The second-order valence-electron chi connectivity index (χ2n) is 7.61. The second kappa shape index (κ2) is 7.30. The summed E-state index contributed by atoms with van der Waals surface area (Å²) in [6.45, 7) is 4.26. The maximum Gasteiger partial charge on any atom is 0.191 e. The van der Waals surface area contributed by atoms with E-state index in [2.05, 4.69) is 6.92 Å². The largest absolute Gasteiger partial charge is 0.370 e. The molecule has 0 spiro atoms. The van der Waals surface area contributed by atoms with Gasteiger partial charge in [-0.2, -0.15) is 0 Å². The first-order valence-electron chi connectivity index (χ1n) is 9.07. The summed E-state index contributed by atoms with van der Waals surface area (Å²) < 4.78 is 33.1. The first kappa shape index (κ1) is 17.5. The molecule has 1 saturated heterocycles. The standard InChI is InChI=1S/C20H26F2O2/c1-12-3-5-14(6-4-12)15-7-8-19(24-11-15)20(23)16-9-17(21)13(2)18(22)10-16/h9-10,12,14-15,19H,3-8,11H2,1-2H3. The minimum absolute atomic E-state index is 0.0531. The first-order chi connectivity index (χ1) is 11.5. The van der Waals surface area contributed by atoms with Crippen molar-refractivity contribution in [2.75, 3.05) is 6.61 Å². The molecule has 2 aliphatic rings. The molecule has 2 nitrogen and oxygen atoms in total. The van der Waals surface area contributed by atoms with Crippen molar-refractivity contribution in [3.8, 4) is 0 Å². The molecule has 1 aromatic rings. The summed E-state index contributed by atoms with van der Waals surface area (Å²) in [4.78, 5) is 12.5. The molecular weight excluding hydrogens is 310 g/mol. The molecule has 1 heterocycles. The maximum absolute atomic E-state index is 13.7. The number of halogens is 2. The Morgan fingerprint density at radius 3 is 2.12 bits per heavy atom. The number of rotatable bonds is 3. The Hall–Kier alpha value is -1.29. The first-order valence-corrected chi connectivity index (χ1v) is 9.07. The van der Waals surface area contributed by atoms with E-state index in [1.54, 1.807) is 0 Å². The van der Waals surface area contributed by atoms with Gasteiger partial charge in [0.15, 0.2) is 5.78 Å². The van der Waals surface area contributed by atoms with E-state index in [9.17, 15) is 13.6 Å². The zero-order valence-electron chi connectivity index (χ0n) is 14.5. The molecule has 24 heavy (non-hydrogen) atoms. The Kier molecular flexibility index (Phi) is 5.33. The van der Waals surface area contributed by atoms with Crippen molar-refractivity contribution in [2.24, 2.45) is 17.8 Å². The third-order valence-electron chi connectivity index (χ3n) is 5.90. The van der Waals surface area contributed by atoms with Crippen molar-refractivity contribution in [3.63, 3.8) is 0 Å². The van der Waals surface area contributed by atoms with E-state index >= 15 is 0 Å². The van der Waals surface area contributed by atoms with Crippen LogP contribution in [-0.2, 0) is 4.74 Å². The molecule has 2 unspecified atom stereocenters. The minimum Gasteiger partial charge on any atom is -0.370 e. The van der Waals surface area contributed by atoms with Gasteiger partial charge in [-0.1, -0.05) is 19.8 Å². The molecule has 3 rings (SSSR count). The lowest BCUT2D eigenvalue weighted by atomic mass is 9.74. The molecule has 2 fully saturated rings. The average molecular weight is 336 g/mol. The van der Waals surface area contributed by atoms with E-state index in [0.29, 0.717) is 24.9 Å². The molecule has 0 N–H and O–H groups in total. The predicted molar refractivity (Wildman–Crippen MR) is 89.0 cm³/mol. The Bertz CT molecular complexity index is 575. The molecule has 0 radical (unpaired) electrons. The van der Waals surface area contributed by atoms with E-state index < -0.39 is 17.7 Å². The Balaban J connectivity index is 1.59. The molecule has 4 heteroatoms. The molecule has 1 aliphatic heterocycles. The lowest BCUT2D eigenvalue weighted by molar-refractivity contribution is -0.0261. The fourth-order valence-corrected chi connectivity index (χ4v) is 4.08. The Labute approximate surface area is 142 Å². The van der Waals surface area contributed by atoms with Crippen LogP contribution in [0.15, 0.2) is 12.1 Å². The van der Waals surface area contributed by atoms with Crippen LogP contribution in [0.3, 0.4) is 0 Å². The minimum atomic E-state index is -0.677. The summed E-state index contributed by atoms with van der Waals surface area (Å²) in [7, 11) is 0. The fourth-order valence-electron chi connectivity index (χ4n) is 4.08. The maximum atomic E-state index is 13.7. The SMILES string of the molecule is Cc1c(F)cc(C(=O)C2CCC(C3CCC(C)CC3)CO2)cc1F. The predicted octanol–water partition coefficient (Wildman–Crippen LogP) is 5.08. The van der Waals surface area contributed by atoms with Crippen molar-refractivity contribution in [2.45, 2.75) is 58.5 Å². The fraction of sp³-hybridized carbons (Fsp3) is 0.650. The summed E-state index contributed by atoms with van der Waals surface area (Å²) in [5.41, 5.74) is 0.0215. The van der Waals surface area contributed by atoms with Gasteiger partial charge in [0.25, 0.3) is 0 Å². The van der Waals surface area contributed by atoms with Crippen molar-refractivity contribution in [1.82, 2.24) is 0 Å². The molecule has 1 aliphatic carbocycles. The lowest BCUT2D eigenvalue weighted by Crippen LogP contribution is -2.36. The Morgan fingerprint density at radius 2 is 1.58 bits per heavy atom. The molecule has 0 aromatic heterocycles. The number of Topliss-reactive ketones (excluding diaryl/α,β-unsaturated/α-hetero) is 1. The van der Waals surface area contributed by atoms with Crippen LogP contribution in [0.4, 0.5) is 8.78 Å². The number of carbonyl (C=O) groups is 1. The summed E-state index contributed by atoms with van der Waals surface area (Å²) in [6.07, 6.45) is 6.12. The van der Waals surface area contributed by atoms with Gasteiger partial charge in [0, 0.05) is 11.1 Å². The van der Waals surface area contributed by atoms with Gasteiger partial charge >= 0.3 is 0 Å². The van der Waals surface area contributed by atoms with Gasteiger partial charge in [-0.25, -0.2) is 8.78 Å². The van der Waals surface area contributed by atoms with Gasteiger partial charge in [0.2, 0.25) is 0 Å². The van der Waals surface area contributed by atoms with Crippen molar-refractivity contribution < 1.29 is 18.3 Å². The van der Waals surface area contributed by atoms with Gasteiger partial charge < -0.3 is 4.74 Å². The normalized spacial score (nSPS) is 31.0. The van der Waals surface area contributed by atoms with Gasteiger partial charge in [-0.05, 0) is 62.5 Å². The zero-order chi connectivity index (χ0) is 17.3. The number of benzene rings is 1. The van der Waals surface area contributed by atoms with E-state index in [-0.39, 0.29) is 16.9 Å². The number of carbonyl (C=O) groups excluding carboxylic acids is 1. The summed E-state index contributed by atoms with van der Waals surface area (Å²) >= 11 is 0. The molecule has 132 valence electrons. The van der Waals surface area contributed by atoms with Crippen molar-refractivity contribution >= 4 is 5.78 Å². The van der Waals surface area contributed by atoms with Gasteiger partial charge in [-0.3, -0.25) is 4.79 Å². The quantitative estimate of drug-likeness (QED) is 0.720. The van der Waals surface area contributed by atoms with Crippen LogP contribution in [0, 0.1) is 36.3 Å². The van der Waals surface area contributed by atoms with E-state index in [1.807, 2.05) is 0 Å². The molecule has 1 aromatic carbocycles. The van der Waals surface area contributed by atoms with Crippen LogP contribution in [0.1, 0.15) is 61.4 Å². The molecule has 1 saturated carbocycles. The smallest absolute Gasteiger partial charge is 0.191 e.